The van der Waals surface area contributed by atoms with Crippen molar-refractivity contribution in [2.24, 2.45) is 0 Å². The molecule has 0 heterocycles. The summed E-state index contributed by atoms with van der Waals surface area (Å²) < 4.78 is 0. The molecule has 0 rings (SSSR count). The molecule has 0 saturated heterocycles. The molecule has 0 aromatic rings. The molecule has 0 fully saturated rings. The van der Waals surface area contributed by atoms with Gasteiger partial charge in [0, 0.05) is 0 Å². The van der Waals surface area contributed by atoms with Gasteiger partial charge in [-0.15, -0.1) is 0 Å². The van der Waals surface area contributed by atoms with E-state index in [2.05, 4.69) is 15.3 Å². The number of rotatable bonds is 0. The SMILES string of the molecule is O.O=[C]=[Co]. The van der Waals surface area contributed by atoms with Crippen molar-refractivity contribution in [2.45, 2.75) is 0 Å². The van der Waals surface area contributed by atoms with E-state index < -0.39 is 0 Å². The van der Waals surface area contributed by atoms with Crippen LogP contribution in [0.2, 0.25) is 0 Å². The van der Waals surface area contributed by atoms with Crippen molar-refractivity contribution >= 4 is 4.82 Å². The summed E-state index contributed by atoms with van der Waals surface area (Å²) in [6.07, 6.45) is 0. The fourth-order valence-electron chi connectivity index (χ4n) is 0. The molecule has 0 atom stereocenters. The van der Waals surface area contributed by atoms with Crippen LogP contribution in [-0.4, -0.2) is 10.3 Å². The molecule has 0 aromatic carbocycles. The maximum absolute atomic E-state index is 8.54. The fourth-order valence-corrected chi connectivity index (χ4v) is 0. The summed E-state index contributed by atoms with van der Waals surface area (Å²) in [4.78, 5) is 9.73. The molecule has 0 radical (unpaired) electrons. The Bertz CT molecular complexity index is 27.0. The Labute approximate surface area is 31.3 Å². The molecule has 0 aromatic heterocycles. The van der Waals surface area contributed by atoms with Gasteiger partial charge in [0.25, 0.3) is 0 Å². The normalized spacial score (nSPS) is 2.25. The van der Waals surface area contributed by atoms with Gasteiger partial charge in [-0.2, -0.15) is 0 Å². The van der Waals surface area contributed by atoms with Gasteiger partial charge in [0.05, 0.1) is 0 Å². The van der Waals surface area contributed by atoms with E-state index in [0.717, 1.165) is 0 Å². The maximum atomic E-state index is 8.54. The van der Waals surface area contributed by atoms with Crippen molar-refractivity contribution in [1.82, 2.24) is 0 Å². The average Bonchev–Trinajstić information content (AvgIpc) is 0.918. The summed E-state index contributed by atoms with van der Waals surface area (Å²) in [6, 6.07) is 0. The first-order valence-corrected chi connectivity index (χ1v) is 0.891. The van der Waals surface area contributed by atoms with Gasteiger partial charge in [-0.1, -0.05) is 0 Å². The van der Waals surface area contributed by atoms with Gasteiger partial charge in [-0.05, 0) is 0 Å². The molecule has 0 spiro atoms. The first kappa shape index (κ1) is 8.97. The Balaban J connectivity index is 0. The summed E-state index contributed by atoms with van der Waals surface area (Å²) in [5.74, 6) is 0. The molecule has 0 unspecified atom stereocenters. The van der Waals surface area contributed by atoms with E-state index in [1.165, 1.54) is 4.82 Å². The van der Waals surface area contributed by atoms with Crippen LogP contribution in [0.4, 0.5) is 0 Å². The van der Waals surface area contributed by atoms with Crippen molar-refractivity contribution in [3.8, 4) is 0 Å². The van der Waals surface area contributed by atoms with Crippen molar-refractivity contribution in [3.63, 3.8) is 0 Å². The molecule has 0 saturated carbocycles. The minimum atomic E-state index is 0. The first-order valence-electron chi connectivity index (χ1n) is 0.371. The zero-order chi connectivity index (χ0) is 2.71. The molecule has 0 aliphatic carbocycles. The first-order chi connectivity index (χ1) is 1.41. The van der Waals surface area contributed by atoms with Gasteiger partial charge < -0.3 is 5.48 Å². The van der Waals surface area contributed by atoms with Crippen LogP contribution in [0.3, 0.4) is 0 Å². The van der Waals surface area contributed by atoms with Crippen molar-refractivity contribution in [3.05, 3.63) is 0 Å². The Morgan fingerprint density at radius 2 is 1.75 bits per heavy atom. The fraction of sp³-hybridized carbons (Fsp3) is 0. The molecule has 3 heteroatoms. The molecule has 0 aliphatic rings. The van der Waals surface area contributed by atoms with E-state index in [1.54, 1.807) is 0 Å². The van der Waals surface area contributed by atoms with E-state index in [1.807, 2.05) is 0 Å². The van der Waals surface area contributed by atoms with Gasteiger partial charge in [-0.3, -0.25) is 0 Å². The Hall–Kier alpha value is 0.0465. The Morgan fingerprint density at radius 1 is 1.75 bits per heavy atom. The standard InChI is InChI=1S/CO.Co.H2O/c1-2;;/h;;1H2. The van der Waals surface area contributed by atoms with Crippen LogP contribution in [0.5, 0.6) is 0 Å². The van der Waals surface area contributed by atoms with Crippen molar-refractivity contribution in [1.29, 1.82) is 0 Å². The minimum absolute atomic E-state index is 0. The third-order valence-electron chi connectivity index (χ3n) is 0. The molecule has 0 bridgehead atoms. The van der Waals surface area contributed by atoms with Crippen LogP contribution in [0, 0.1) is 0 Å². The molecule has 2 nitrogen and oxygen atoms in total. The zero-order valence-electron chi connectivity index (χ0n) is 1.74. The summed E-state index contributed by atoms with van der Waals surface area (Å²) in [5, 5.41) is 0. The van der Waals surface area contributed by atoms with Crippen molar-refractivity contribution < 1.29 is 25.6 Å². The monoisotopic (exact) mass is 105 g/mol. The number of carbonyl (C=O) groups excluding carboxylic acids is 1. The molecule has 4 heavy (non-hydrogen) atoms. The third kappa shape index (κ3) is 1040. The molecule has 2 N–H and O–H groups in total. The third-order valence-corrected chi connectivity index (χ3v) is 0. The summed E-state index contributed by atoms with van der Waals surface area (Å²) in [6.45, 7) is 0. The van der Waals surface area contributed by atoms with Crippen LogP contribution in [-0.2, 0) is 20.1 Å². The van der Waals surface area contributed by atoms with E-state index in [-0.39, 0.29) is 5.48 Å². The predicted octanol–water partition coefficient (Wildman–Crippen LogP) is -1.22. The Kier molecular flexibility index (Phi) is 26.1. The molecular formula is CH2CoO2. The topological polar surface area (TPSA) is 48.6 Å². The number of hydrogen-bond acceptors (Lipinski definition) is 1. The van der Waals surface area contributed by atoms with Crippen LogP contribution >= 0.6 is 0 Å². The van der Waals surface area contributed by atoms with Crippen molar-refractivity contribution in [2.75, 3.05) is 0 Å². The van der Waals surface area contributed by atoms with Crippen LogP contribution in [0.15, 0.2) is 0 Å². The molecule has 0 amide bonds. The predicted molar refractivity (Wildman–Crippen MR) is 9.31 cm³/mol. The summed E-state index contributed by atoms with van der Waals surface area (Å²) in [5.41, 5.74) is 0. The van der Waals surface area contributed by atoms with Gasteiger partial charge in [-0.25, -0.2) is 0 Å². The zero-order valence-corrected chi connectivity index (χ0v) is 2.78. The average molecular weight is 105 g/mol. The number of hydrogen-bond donors (Lipinski definition) is 0. The second-order valence-electron chi connectivity index (χ2n) is 0.0680. The van der Waals surface area contributed by atoms with E-state index in [9.17, 15) is 0 Å². The van der Waals surface area contributed by atoms with E-state index in [4.69, 9.17) is 4.79 Å². The van der Waals surface area contributed by atoms with Crippen LogP contribution in [0.25, 0.3) is 0 Å². The quantitative estimate of drug-likeness (QED) is 0.380. The Morgan fingerprint density at radius 3 is 1.75 bits per heavy atom. The molecular weight excluding hydrogens is 103 g/mol. The van der Waals surface area contributed by atoms with Crippen LogP contribution < -0.4 is 0 Å². The van der Waals surface area contributed by atoms with E-state index >= 15 is 0 Å². The molecule has 0 aliphatic heterocycles. The van der Waals surface area contributed by atoms with Gasteiger partial charge in [0.1, 0.15) is 0 Å². The van der Waals surface area contributed by atoms with Crippen LogP contribution in [0.1, 0.15) is 0 Å². The second kappa shape index (κ2) is 11.7. The van der Waals surface area contributed by atoms with Gasteiger partial charge >= 0.3 is 24.9 Å². The summed E-state index contributed by atoms with van der Waals surface area (Å²) >= 11 is 3.02. The molecule has 27 valence electrons. The van der Waals surface area contributed by atoms with E-state index in [0.29, 0.717) is 0 Å². The second-order valence-corrected chi connectivity index (χ2v) is 0.281. The van der Waals surface area contributed by atoms with Gasteiger partial charge in [0.2, 0.25) is 0 Å². The van der Waals surface area contributed by atoms with Gasteiger partial charge in [0.15, 0.2) is 0 Å². The summed E-state index contributed by atoms with van der Waals surface area (Å²) in [7, 11) is 0.